The maximum Gasteiger partial charge on any atom is 0.226 e. The predicted octanol–water partition coefficient (Wildman–Crippen LogP) is 2.98. The zero-order chi connectivity index (χ0) is 16.5. The van der Waals surface area contributed by atoms with Crippen LogP contribution in [0.25, 0.3) is 0 Å². The van der Waals surface area contributed by atoms with Crippen LogP contribution in [-0.4, -0.2) is 41.2 Å². The first-order valence-corrected chi connectivity index (χ1v) is 9.36. The molecule has 130 valence electrons. The predicted molar refractivity (Wildman–Crippen MR) is 89.0 cm³/mol. The summed E-state index contributed by atoms with van der Waals surface area (Å²) in [5, 5.41) is 0. The van der Waals surface area contributed by atoms with Gasteiger partial charge in [-0.3, -0.25) is 9.59 Å². The normalized spacial score (nSPS) is 25.8. The molecular formula is C19H26N2O3. The number of hydrogen-bond donors (Lipinski definition) is 0. The molecule has 0 bridgehead atoms. The van der Waals surface area contributed by atoms with Crippen molar-refractivity contribution in [1.29, 1.82) is 0 Å². The summed E-state index contributed by atoms with van der Waals surface area (Å²) in [6.45, 7) is 2.31. The van der Waals surface area contributed by atoms with Gasteiger partial charge in [-0.05, 0) is 50.7 Å². The highest BCUT2D eigenvalue weighted by Crippen LogP contribution is 2.35. The van der Waals surface area contributed by atoms with Crippen LogP contribution in [0.1, 0.15) is 56.7 Å². The molecule has 2 saturated heterocycles. The zero-order valence-corrected chi connectivity index (χ0v) is 14.2. The molecule has 0 N–H and O–H groups in total. The summed E-state index contributed by atoms with van der Waals surface area (Å²) in [4.78, 5) is 29.3. The molecule has 24 heavy (non-hydrogen) atoms. The van der Waals surface area contributed by atoms with E-state index in [9.17, 15) is 9.59 Å². The van der Waals surface area contributed by atoms with Crippen molar-refractivity contribution in [1.82, 2.24) is 9.80 Å². The average Bonchev–Trinajstić information content (AvgIpc) is 3.23. The summed E-state index contributed by atoms with van der Waals surface area (Å²) < 4.78 is 5.53. The second kappa shape index (κ2) is 6.61. The Hall–Kier alpha value is -1.78. The number of furan rings is 1. The van der Waals surface area contributed by atoms with Gasteiger partial charge in [-0.2, -0.15) is 0 Å². The van der Waals surface area contributed by atoms with Crippen LogP contribution in [-0.2, 0) is 9.59 Å². The molecule has 4 rings (SSSR count). The van der Waals surface area contributed by atoms with Crippen molar-refractivity contribution in [2.24, 2.45) is 11.8 Å². The Morgan fingerprint density at radius 2 is 1.67 bits per heavy atom. The molecular weight excluding hydrogens is 304 g/mol. The number of carbonyl (C=O) groups excluding carboxylic acids is 2. The molecule has 3 fully saturated rings. The smallest absolute Gasteiger partial charge is 0.226 e. The van der Waals surface area contributed by atoms with Crippen molar-refractivity contribution in [2.45, 2.75) is 51.0 Å². The molecule has 1 aliphatic carbocycles. The molecule has 0 radical (unpaired) electrons. The second-order valence-corrected chi connectivity index (χ2v) is 7.43. The third-order valence-electron chi connectivity index (χ3n) is 6.02. The van der Waals surface area contributed by atoms with Crippen molar-refractivity contribution in [2.75, 3.05) is 19.6 Å². The van der Waals surface area contributed by atoms with E-state index in [2.05, 4.69) is 0 Å². The van der Waals surface area contributed by atoms with Gasteiger partial charge in [-0.1, -0.05) is 6.42 Å². The standard InChI is InChI=1S/C19H26N2O3/c22-18(14-4-1-5-14)20-11-8-15(9-12-20)19(23)21-10-2-6-16(21)17-7-3-13-24-17/h3,7,13-16H,1-2,4-6,8-12H2/t16-/m1/s1. The van der Waals surface area contributed by atoms with Gasteiger partial charge in [0.25, 0.3) is 0 Å². The molecule has 3 aliphatic rings. The number of nitrogens with zero attached hydrogens (tertiary/aromatic N) is 2. The zero-order valence-electron chi connectivity index (χ0n) is 14.2. The maximum absolute atomic E-state index is 13.0. The number of rotatable bonds is 3. The number of likely N-dealkylation sites (tertiary alicyclic amines) is 2. The summed E-state index contributed by atoms with van der Waals surface area (Å²) in [6, 6.07) is 3.96. The van der Waals surface area contributed by atoms with Crippen LogP contribution in [0.4, 0.5) is 0 Å². The topological polar surface area (TPSA) is 53.8 Å². The molecule has 2 amide bonds. The largest absolute Gasteiger partial charge is 0.467 e. The summed E-state index contributed by atoms with van der Waals surface area (Å²) >= 11 is 0. The van der Waals surface area contributed by atoms with Gasteiger partial charge < -0.3 is 14.2 Å². The summed E-state index contributed by atoms with van der Waals surface area (Å²) in [5.74, 6) is 1.80. The highest BCUT2D eigenvalue weighted by molar-refractivity contribution is 5.82. The van der Waals surface area contributed by atoms with Crippen LogP contribution in [0.3, 0.4) is 0 Å². The summed E-state index contributed by atoms with van der Waals surface area (Å²) in [6.07, 6.45) is 8.60. The lowest BCUT2D eigenvalue weighted by atomic mass is 9.83. The Morgan fingerprint density at radius 3 is 2.29 bits per heavy atom. The lowest BCUT2D eigenvalue weighted by Gasteiger charge is -2.37. The summed E-state index contributed by atoms with van der Waals surface area (Å²) in [7, 11) is 0. The van der Waals surface area contributed by atoms with Gasteiger partial charge >= 0.3 is 0 Å². The SMILES string of the molecule is O=C(C1CCC1)N1CCC(C(=O)N2CCC[C@@H]2c2ccco2)CC1. The fraction of sp³-hybridized carbons (Fsp3) is 0.684. The van der Waals surface area contributed by atoms with E-state index in [0.717, 1.165) is 63.9 Å². The van der Waals surface area contributed by atoms with Gasteiger partial charge in [0.15, 0.2) is 0 Å². The van der Waals surface area contributed by atoms with E-state index < -0.39 is 0 Å². The highest BCUT2D eigenvalue weighted by Gasteiger charge is 2.38. The van der Waals surface area contributed by atoms with Gasteiger partial charge in [0.1, 0.15) is 5.76 Å². The first kappa shape index (κ1) is 15.7. The Kier molecular flexibility index (Phi) is 4.33. The molecule has 5 nitrogen and oxygen atoms in total. The maximum atomic E-state index is 13.0. The Labute approximate surface area is 143 Å². The third kappa shape index (κ3) is 2.85. The molecule has 3 heterocycles. The van der Waals surface area contributed by atoms with E-state index in [0.29, 0.717) is 5.91 Å². The third-order valence-corrected chi connectivity index (χ3v) is 6.02. The molecule has 1 atom stereocenters. The quantitative estimate of drug-likeness (QED) is 0.856. The molecule has 1 aromatic heterocycles. The van der Waals surface area contributed by atoms with E-state index in [1.807, 2.05) is 21.9 Å². The fourth-order valence-electron chi connectivity index (χ4n) is 4.30. The minimum atomic E-state index is 0.0611. The first-order chi connectivity index (χ1) is 11.7. The lowest BCUT2D eigenvalue weighted by molar-refractivity contribution is -0.144. The first-order valence-electron chi connectivity index (χ1n) is 9.36. The van der Waals surface area contributed by atoms with E-state index in [1.165, 1.54) is 6.42 Å². The van der Waals surface area contributed by atoms with Crippen molar-refractivity contribution in [3.63, 3.8) is 0 Å². The van der Waals surface area contributed by atoms with Gasteiger partial charge in [-0.15, -0.1) is 0 Å². The van der Waals surface area contributed by atoms with E-state index >= 15 is 0 Å². The van der Waals surface area contributed by atoms with Crippen molar-refractivity contribution in [3.05, 3.63) is 24.2 Å². The second-order valence-electron chi connectivity index (χ2n) is 7.43. The highest BCUT2D eigenvalue weighted by atomic mass is 16.3. The lowest BCUT2D eigenvalue weighted by Crippen LogP contribution is -2.46. The molecule has 0 unspecified atom stereocenters. The number of amides is 2. The molecule has 0 spiro atoms. The number of carbonyl (C=O) groups is 2. The summed E-state index contributed by atoms with van der Waals surface area (Å²) in [5.41, 5.74) is 0. The molecule has 0 aromatic carbocycles. The molecule has 2 aliphatic heterocycles. The minimum Gasteiger partial charge on any atom is -0.467 e. The fourth-order valence-corrected chi connectivity index (χ4v) is 4.30. The van der Waals surface area contributed by atoms with Crippen molar-refractivity contribution < 1.29 is 14.0 Å². The van der Waals surface area contributed by atoms with E-state index in [4.69, 9.17) is 4.42 Å². The van der Waals surface area contributed by atoms with Crippen LogP contribution < -0.4 is 0 Å². The van der Waals surface area contributed by atoms with Gasteiger partial charge in [0.05, 0.1) is 12.3 Å². The van der Waals surface area contributed by atoms with Crippen molar-refractivity contribution in [3.8, 4) is 0 Å². The van der Waals surface area contributed by atoms with Gasteiger partial charge in [0.2, 0.25) is 11.8 Å². The van der Waals surface area contributed by atoms with Gasteiger partial charge in [0, 0.05) is 31.5 Å². The minimum absolute atomic E-state index is 0.0611. The average molecular weight is 330 g/mol. The van der Waals surface area contributed by atoms with Crippen LogP contribution in [0, 0.1) is 11.8 Å². The monoisotopic (exact) mass is 330 g/mol. The number of hydrogen-bond acceptors (Lipinski definition) is 3. The van der Waals surface area contributed by atoms with Gasteiger partial charge in [-0.25, -0.2) is 0 Å². The molecule has 1 aromatic rings. The molecule has 1 saturated carbocycles. The number of piperidine rings is 1. The van der Waals surface area contributed by atoms with Crippen LogP contribution in [0.5, 0.6) is 0 Å². The Morgan fingerprint density at radius 1 is 0.917 bits per heavy atom. The van der Waals surface area contributed by atoms with E-state index in [1.54, 1.807) is 6.26 Å². The van der Waals surface area contributed by atoms with Crippen LogP contribution in [0.15, 0.2) is 22.8 Å². The van der Waals surface area contributed by atoms with Crippen molar-refractivity contribution >= 4 is 11.8 Å². The van der Waals surface area contributed by atoms with Crippen LogP contribution in [0.2, 0.25) is 0 Å². The van der Waals surface area contributed by atoms with Crippen LogP contribution >= 0.6 is 0 Å². The Bertz CT molecular complexity index is 586. The Balaban J connectivity index is 1.35. The molecule has 5 heteroatoms. The van der Waals surface area contributed by atoms with E-state index in [-0.39, 0.29) is 23.8 Å².